The fourth-order valence-electron chi connectivity index (χ4n) is 1.12. The van der Waals surface area contributed by atoms with Gasteiger partial charge in [0.25, 0.3) is 5.91 Å². The summed E-state index contributed by atoms with van der Waals surface area (Å²) in [5.41, 5.74) is 1.58. The van der Waals surface area contributed by atoms with Crippen LogP contribution in [0, 0.1) is 13.8 Å². The number of amides is 1. The van der Waals surface area contributed by atoms with E-state index in [0.29, 0.717) is 11.3 Å². The zero-order chi connectivity index (χ0) is 9.30. The molecule has 0 saturated carbocycles. The molecule has 1 aromatic heterocycles. The van der Waals surface area contributed by atoms with Gasteiger partial charge in [0.2, 0.25) is 0 Å². The summed E-state index contributed by atoms with van der Waals surface area (Å²) in [6.45, 7) is 3.66. The van der Waals surface area contributed by atoms with Crippen LogP contribution in [0.25, 0.3) is 0 Å². The van der Waals surface area contributed by atoms with E-state index in [4.69, 9.17) is 4.42 Å². The second-order valence-corrected chi connectivity index (χ2v) is 3.05. The summed E-state index contributed by atoms with van der Waals surface area (Å²) in [6, 6.07) is 0. The first-order valence-electron chi connectivity index (χ1n) is 3.80. The Bertz CT molecular complexity index is 280. The summed E-state index contributed by atoms with van der Waals surface area (Å²) in [7, 11) is 3.46. The van der Waals surface area contributed by atoms with E-state index in [0.717, 1.165) is 5.56 Å². The van der Waals surface area contributed by atoms with Crippen molar-refractivity contribution in [2.45, 2.75) is 13.8 Å². The highest BCUT2D eigenvalue weighted by Crippen LogP contribution is 2.16. The molecule has 0 atom stereocenters. The summed E-state index contributed by atoms with van der Waals surface area (Å²) in [4.78, 5) is 13.1. The molecule has 1 amide bonds. The van der Waals surface area contributed by atoms with E-state index in [9.17, 15) is 4.79 Å². The SMILES string of the molecule is Cc1coc(C)c1C(=O)N(C)C. The molecular weight excluding hydrogens is 154 g/mol. The third-order valence-electron chi connectivity index (χ3n) is 1.78. The molecule has 0 aliphatic carbocycles. The summed E-state index contributed by atoms with van der Waals surface area (Å²) >= 11 is 0. The van der Waals surface area contributed by atoms with Crippen LogP contribution in [-0.2, 0) is 0 Å². The summed E-state index contributed by atoms with van der Waals surface area (Å²) < 4.78 is 5.12. The molecule has 1 rings (SSSR count). The van der Waals surface area contributed by atoms with Gasteiger partial charge in [-0.15, -0.1) is 0 Å². The predicted octanol–water partition coefficient (Wildman–Crippen LogP) is 1.60. The number of carbonyl (C=O) groups excluding carboxylic acids is 1. The number of nitrogens with zero attached hydrogens (tertiary/aromatic N) is 1. The molecule has 0 fully saturated rings. The van der Waals surface area contributed by atoms with Gasteiger partial charge in [-0.1, -0.05) is 0 Å². The molecule has 0 aliphatic heterocycles. The number of hydrogen-bond donors (Lipinski definition) is 0. The maximum atomic E-state index is 11.5. The van der Waals surface area contributed by atoms with Crippen molar-refractivity contribution in [2.24, 2.45) is 0 Å². The van der Waals surface area contributed by atoms with E-state index in [1.807, 2.05) is 6.92 Å². The Kier molecular flexibility index (Phi) is 2.22. The van der Waals surface area contributed by atoms with E-state index in [-0.39, 0.29) is 5.91 Å². The number of furan rings is 1. The lowest BCUT2D eigenvalue weighted by Gasteiger charge is -2.09. The van der Waals surface area contributed by atoms with Gasteiger partial charge in [0.15, 0.2) is 0 Å². The topological polar surface area (TPSA) is 33.5 Å². The molecule has 0 unspecified atom stereocenters. The maximum absolute atomic E-state index is 11.5. The zero-order valence-corrected chi connectivity index (χ0v) is 7.84. The first kappa shape index (κ1) is 8.84. The van der Waals surface area contributed by atoms with Gasteiger partial charge in [0, 0.05) is 19.7 Å². The lowest BCUT2D eigenvalue weighted by molar-refractivity contribution is 0.0825. The lowest BCUT2D eigenvalue weighted by Crippen LogP contribution is -2.22. The normalized spacial score (nSPS) is 10.0. The minimum atomic E-state index is -0.00116. The highest BCUT2D eigenvalue weighted by atomic mass is 16.3. The molecule has 0 radical (unpaired) electrons. The van der Waals surface area contributed by atoms with E-state index in [2.05, 4.69) is 0 Å². The molecule has 0 saturated heterocycles. The molecule has 0 aromatic carbocycles. The third-order valence-corrected chi connectivity index (χ3v) is 1.78. The Morgan fingerprint density at radius 1 is 1.42 bits per heavy atom. The average molecular weight is 167 g/mol. The van der Waals surface area contributed by atoms with Gasteiger partial charge in [-0.25, -0.2) is 0 Å². The van der Waals surface area contributed by atoms with E-state index < -0.39 is 0 Å². The molecule has 3 nitrogen and oxygen atoms in total. The highest BCUT2D eigenvalue weighted by Gasteiger charge is 2.16. The van der Waals surface area contributed by atoms with Crippen LogP contribution in [0.2, 0.25) is 0 Å². The monoisotopic (exact) mass is 167 g/mol. The van der Waals surface area contributed by atoms with Crippen LogP contribution in [0.15, 0.2) is 10.7 Å². The fraction of sp³-hybridized carbons (Fsp3) is 0.444. The Morgan fingerprint density at radius 3 is 2.33 bits per heavy atom. The van der Waals surface area contributed by atoms with Gasteiger partial charge in [0.1, 0.15) is 5.76 Å². The van der Waals surface area contributed by atoms with Crippen molar-refractivity contribution in [3.05, 3.63) is 23.2 Å². The molecule has 1 aromatic rings. The lowest BCUT2D eigenvalue weighted by atomic mass is 10.1. The van der Waals surface area contributed by atoms with Crippen molar-refractivity contribution in [1.82, 2.24) is 4.90 Å². The second-order valence-electron chi connectivity index (χ2n) is 3.05. The predicted molar refractivity (Wildman–Crippen MR) is 46.2 cm³/mol. The second kappa shape index (κ2) is 3.01. The Morgan fingerprint density at radius 2 is 2.00 bits per heavy atom. The molecule has 0 aliphatic rings. The smallest absolute Gasteiger partial charge is 0.257 e. The molecule has 3 heteroatoms. The van der Waals surface area contributed by atoms with Crippen molar-refractivity contribution < 1.29 is 9.21 Å². The number of aryl methyl sites for hydroxylation is 2. The van der Waals surface area contributed by atoms with Crippen molar-refractivity contribution in [2.75, 3.05) is 14.1 Å². The first-order chi connectivity index (χ1) is 5.54. The summed E-state index contributed by atoms with van der Waals surface area (Å²) in [5, 5.41) is 0. The van der Waals surface area contributed by atoms with E-state index in [1.54, 1.807) is 32.2 Å². The van der Waals surface area contributed by atoms with Crippen molar-refractivity contribution in [3.8, 4) is 0 Å². The molecule has 12 heavy (non-hydrogen) atoms. The largest absolute Gasteiger partial charge is 0.469 e. The quantitative estimate of drug-likeness (QED) is 0.636. The number of rotatable bonds is 1. The van der Waals surface area contributed by atoms with E-state index >= 15 is 0 Å². The van der Waals surface area contributed by atoms with Gasteiger partial charge in [-0.3, -0.25) is 4.79 Å². The van der Waals surface area contributed by atoms with Crippen LogP contribution in [0.1, 0.15) is 21.7 Å². The molecular formula is C9H13NO2. The number of carbonyl (C=O) groups is 1. The summed E-state index contributed by atoms with van der Waals surface area (Å²) in [5.74, 6) is 0.685. The van der Waals surface area contributed by atoms with Crippen molar-refractivity contribution in [1.29, 1.82) is 0 Å². The van der Waals surface area contributed by atoms with Crippen LogP contribution in [0.4, 0.5) is 0 Å². The highest BCUT2D eigenvalue weighted by molar-refractivity contribution is 5.96. The number of hydrogen-bond acceptors (Lipinski definition) is 2. The van der Waals surface area contributed by atoms with Crippen LogP contribution < -0.4 is 0 Å². The van der Waals surface area contributed by atoms with E-state index in [1.165, 1.54) is 0 Å². The first-order valence-corrected chi connectivity index (χ1v) is 3.80. The van der Waals surface area contributed by atoms with Crippen LogP contribution in [0.5, 0.6) is 0 Å². The Hall–Kier alpha value is -1.25. The van der Waals surface area contributed by atoms with Gasteiger partial charge >= 0.3 is 0 Å². The maximum Gasteiger partial charge on any atom is 0.257 e. The van der Waals surface area contributed by atoms with Gasteiger partial charge in [0.05, 0.1) is 11.8 Å². The van der Waals surface area contributed by atoms with Crippen molar-refractivity contribution >= 4 is 5.91 Å². The molecule has 0 N–H and O–H groups in total. The molecule has 0 bridgehead atoms. The summed E-state index contributed by atoms with van der Waals surface area (Å²) in [6.07, 6.45) is 1.60. The molecule has 1 heterocycles. The van der Waals surface area contributed by atoms with Gasteiger partial charge < -0.3 is 9.32 Å². The van der Waals surface area contributed by atoms with Crippen LogP contribution >= 0.6 is 0 Å². The standard InChI is InChI=1S/C9H13NO2/c1-6-5-12-7(2)8(6)9(11)10(3)4/h5H,1-4H3. The van der Waals surface area contributed by atoms with Gasteiger partial charge in [-0.2, -0.15) is 0 Å². The Labute approximate surface area is 72.0 Å². The third kappa shape index (κ3) is 1.35. The molecule has 0 spiro atoms. The van der Waals surface area contributed by atoms with Crippen LogP contribution in [0.3, 0.4) is 0 Å². The van der Waals surface area contributed by atoms with Crippen LogP contribution in [-0.4, -0.2) is 24.9 Å². The fourth-order valence-corrected chi connectivity index (χ4v) is 1.12. The zero-order valence-electron chi connectivity index (χ0n) is 7.84. The minimum absolute atomic E-state index is 0.00116. The molecule has 66 valence electrons. The Balaban J connectivity index is 3.09. The minimum Gasteiger partial charge on any atom is -0.469 e. The average Bonchev–Trinajstić information content (AvgIpc) is 2.30. The van der Waals surface area contributed by atoms with Gasteiger partial charge in [-0.05, 0) is 13.8 Å². The van der Waals surface area contributed by atoms with Crippen molar-refractivity contribution in [3.63, 3.8) is 0 Å².